The summed E-state index contributed by atoms with van der Waals surface area (Å²) in [7, 11) is 0. The third-order valence-corrected chi connectivity index (χ3v) is 2.75. The predicted octanol–water partition coefficient (Wildman–Crippen LogP) is 0.767. The first-order valence-electron chi connectivity index (χ1n) is 5.93. The molecule has 96 valence electrons. The predicted molar refractivity (Wildman–Crippen MR) is 61.2 cm³/mol. The Bertz CT molecular complexity index is 314. The third kappa shape index (κ3) is 4.26. The van der Waals surface area contributed by atoms with Gasteiger partial charge < -0.3 is 9.53 Å². The van der Waals surface area contributed by atoms with Gasteiger partial charge >= 0.3 is 0 Å². The zero-order valence-corrected chi connectivity index (χ0v) is 10.4. The normalized spacial score (nSPS) is 20.1. The van der Waals surface area contributed by atoms with E-state index in [2.05, 4.69) is 0 Å². The number of imide groups is 1. The fourth-order valence-corrected chi connectivity index (χ4v) is 1.76. The standard InChI is InChI=1S/C12H19NO4/c1-9-8-11(15)13(12(9)16)5-7-17-6-3-4-10(2)14/h9H,3-8H2,1-2H3. The van der Waals surface area contributed by atoms with Gasteiger partial charge in [-0.1, -0.05) is 6.92 Å². The average Bonchev–Trinajstić information content (AvgIpc) is 2.48. The maximum atomic E-state index is 11.5. The Morgan fingerprint density at radius 2 is 2.12 bits per heavy atom. The van der Waals surface area contributed by atoms with Gasteiger partial charge in [-0.15, -0.1) is 0 Å². The number of hydrogen-bond acceptors (Lipinski definition) is 4. The second kappa shape index (κ2) is 6.49. The van der Waals surface area contributed by atoms with E-state index in [0.29, 0.717) is 39.0 Å². The van der Waals surface area contributed by atoms with Gasteiger partial charge in [-0.3, -0.25) is 14.5 Å². The number of carbonyl (C=O) groups is 3. The molecule has 0 aromatic heterocycles. The van der Waals surface area contributed by atoms with Crippen molar-refractivity contribution in [1.82, 2.24) is 4.90 Å². The number of nitrogens with zero attached hydrogens (tertiary/aromatic N) is 1. The second-order valence-electron chi connectivity index (χ2n) is 4.41. The number of amides is 2. The van der Waals surface area contributed by atoms with E-state index in [1.54, 1.807) is 13.8 Å². The summed E-state index contributed by atoms with van der Waals surface area (Å²) < 4.78 is 5.28. The van der Waals surface area contributed by atoms with Crippen LogP contribution in [0.2, 0.25) is 0 Å². The highest BCUT2D eigenvalue weighted by atomic mass is 16.5. The van der Waals surface area contributed by atoms with Crippen molar-refractivity contribution < 1.29 is 19.1 Å². The van der Waals surface area contributed by atoms with E-state index in [0.717, 1.165) is 0 Å². The molecule has 1 atom stereocenters. The Morgan fingerprint density at radius 3 is 2.65 bits per heavy atom. The fraction of sp³-hybridized carbons (Fsp3) is 0.750. The minimum Gasteiger partial charge on any atom is -0.380 e. The van der Waals surface area contributed by atoms with Gasteiger partial charge in [-0.05, 0) is 13.3 Å². The number of ether oxygens (including phenoxy) is 1. The van der Waals surface area contributed by atoms with Crippen molar-refractivity contribution >= 4 is 17.6 Å². The van der Waals surface area contributed by atoms with E-state index >= 15 is 0 Å². The molecule has 1 aliphatic rings. The van der Waals surface area contributed by atoms with E-state index in [1.807, 2.05) is 0 Å². The van der Waals surface area contributed by atoms with Crippen molar-refractivity contribution in [1.29, 1.82) is 0 Å². The van der Waals surface area contributed by atoms with Crippen LogP contribution in [0.4, 0.5) is 0 Å². The smallest absolute Gasteiger partial charge is 0.232 e. The third-order valence-electron chi connectivity index (χ3n) is 2.75. The van der Waals surface area contributed by atoms with Gasteiger partial charge in [0.1, 0.15) is 5.78 Å². The Labute approximate surface area is 101 Å². The highest BCUT2D eigenvalue weighted by Gasteiger charge is 2.34. The van der Waals surface area contributed by atoms with Gasteiger partial charge in [0, 0.05) is 25.4 Å². The number of hydrogen-bond donors (Lipinski definition) is 0. The van der Waals surface area contributed by atoms with Crippen LogP contribution in [-0.2, 0) is 19.1 Å². The Morgan fingerprint density at radius 1 is 1.41 bits per heavy atom. The van der Waals surface area contributed by atoms with Crippen molar-refractivity contribution in [3.63, 3.8) is 0 Å². The highest BCUT2D eigenvalue weighted by Crippen LogP contribution is 2.17. The van der Waals surface area contributed by atoms with E-state index in [4.69, 9.17) is 4.74 Å². The lowest BCUT2D eigenvalue weighted by atomic mass is 10.1. The molecular formula is C12H19NO4. The van der Waals surface area contributed by atoms with Gasteiger partial charge in [0.2, 0.25) is 11.8 Å². The Balaban J connectivity index is 2.12. The zero-order chi connectivity index (χ0) is 12.8. The quantitative estimate of drug-likeness (QED) is 0.488. The molecule has 1 fully saturated rings. The number of likely N-dealkylation sites (tertiary alicyclic amines) is 1. The van der Waals surface area contributed by atoms with E-state index in [9.17, 15) is 14.4 Å². The van der Waals surface area contributed by atoms with Crippen LogP contribution in [0, 0.1) is 5.92 Å². The summed E-state index contributed by atoms with van der Waals surface area (Å²) in [4.78, 5) is 34.9. The SMILES string of the molecule is CC(=O)CCCOCCN1C(=O)CC(C)C1=O. The summed E-state index contributed by atoms with van der Waals surface area (Å²) in [5, 5.41) is 0. The lowest BCUT2D eigenvalue weighted by molar-refractivity contribution is -0.140. The number of rotatable bonds is 7. The van der Waals surface area contributed by atoms with Crippen molar-refractivity contribution in [2.75, 3.05) is 19.8 Å². The molecule has 2 amide bonds. The number of carbonyl (C=O) groups excluding carboxylic acids is 3. The molecule has 0 aromatic carbocycles. The summed E-state index contributed by atoms with van der Waals surface area (Å²) in [6.45, 7) is 4.46. The lowest BCUT2D eigenvalue weighted by Gasteiger charge is -2.14. The topological polar surface area (TPSA) is 63.7 Å². The molecule has 5 nitrogen and oxygen atoms in total. The van der Waals surface area contributed by atoms with Gasteiger partial charge in [-0.25, -0.2) is 0 Å². The second-order valence-corrected chi connectivity index (χ2v) is 4.41. The van der Waals surface area contributed by atoms with Crippen LogP contribution in [0.5, 0.6) is 0 Å². The summed E-state index contributed by atoms with van der Waals surface area (Å²) in [6, 6.07) is 0. The maximum absolute atomic E-state index is 11.5. The molecule has 0 aliphatic carbocycles. The summed E-state index contributed by atoms with van der Waals surface area (Å²) in [5.41, 5.74) is 0. The van der Waals surface area contributed by atoms with Crippen LogP contribution in [0.3, 0.4) is 0 Å². The van der Waals surface area contributed by atoms with Crippen molar-refractivity contribution in [2.45, 2.75) is 33.1 Å². The Hall–Kier alpha value is -1.23. The largest absolute Gasteiger partial charge is 0.380 e. The monoisotopic (exact) mass is 241 g/mol. The molecule has 0 radical (unpaired) electrons. The molecule has 1 heterocycles. The molecule has 1 rings (SSSR count). The highest BCUT2D eigenvalue weighted by molar-refractivity contribution is 6.03. The minimum absolute atomic E-state index is 0.109. The van der Waals surface area contributed by atoms with Crippen LogP contribution in [0.1, 0.15) is 33.1 Å². The number of ketones is 1. The molecule has 0 saturated carbocycles. The first-order valence-corrected chi connectivity index (χ1v) is 5.93. The molecule has 0 bridgehead atoms. The van der Waals surface area contributed by atoms with Gasteiger partial charge in [0.05, 0.1) is 13.2 Å². The van der Waals surface area contributed by atoms with Crippen molar-refractivity contribution in [2.24, 2.45) is 5.92 Å². The minimum atomic E-state index is -0.194. The molecule has 17 heavy (non-hydrogen) atoms. The summed E-state index contributed by atoms with van der Waals surface area (Å²) in [5.74, 6) is -0.273. The maximum Gasteiger partial charge on any atom is 0.232 e. The van der Waals surface area contributed by atoms with Gasteiger partial charge in [0.15, 0.2) is 0 Å². The molecule has 0 spiro atoms. The molecule has 1 unspecified atom stereocenters. The van der Waals surface area contributed by atoms with Crippen LogP contribution in [-0.4, -0.2) is 42.3 Å². The molecular weight excluding hydrogens is 222 g/mol. The van der Waals surface area contributed by atoms with Crippen molar-refractivity contribution in [3.05, 3.63) is 0 Å². The van der Waals surface area contributed by atoms with E-state index in [1.165, 1.54) is 4.90 Å². The summed E-state index contributed by atoms with van der Waals surface area (Å²) >= 11 is 0. The van der Waals surface area contributed by atoms with E-state index in [-0.39, 0.29) is 23.5 Å². The fourth-order valence-electron chi connectivity index (χ4n) is 1.76. The summed E-state index contributed by atoms with van der Waals surface area (Å²) in [6.07, 6.45) is 1.51. The molecule has 1 aliphatic heterocycles. The first kappa shape index (κ1) is 13.8. The molecule has 1 saturated heterocycles. The number of Topliss-reactive ketones (excluding diaryl/α,β-unsaturated/α-hetero) is 1. The van der Waals surface area contributed by atoms with E-state index < -0.39 is 0 Å². The zero-order valence-electron chi connectivity index (χ0n) is 10.4. The lowest BCUT2D eigenvalue weighted by Crippen LogP contribution is -2.33. The van der Waals surface area contributed by atoms with Crippen LogP contribution >= 0.6 is 0 Å². The van der Waals surface area contributed by atoms with Gasteiger partial charge in [0.25, 0.3) is 0 Å². The molecule has 0 aromatic rings. The van der Waals surface area contributed by atoms with Crippen LogP contribution in [0.15, 0.2) is 0 Å². The van der Waals surface area contributed by atoms with Gasteiger partial charge in [-0.2, -0.15) is 0 Å². The van der Waals surface area contributed by atoms with Crippen LogP contribution < -0.4 is 0 Å². The van der Waals surface area contributed by atoms with Crippen molar-refractivity contribution in [3.8, 4) is 0 Å². The Kier molecular flexibility index (Phi) is 5.28. The molecule has 0 N–H and O–H groups in total. The average molecular weight is 241 g/mol. The molecule has 5 heteroatoms. The van der Waals surface area contributed by atoms with Crippen LogP contribution in [0.25, 0.3) is 0 Å². The first-order chi connectivity index (χ1) is 8.02.